The summed E-state index contributed by atoms with van der Waals surface area (Å²) in [5.41, 5.74) is -0.154. The quantitative estimate of drug-likeness (QED) is 0.334. The number of hydrogen-bond acceptors (Lipinski definition) is 6. The Morgan fingerprint density at radius 2 is 1.00 bits per heavy atom. The van der Waals surface area contributed by atoms with Gasteiger partial charge in [-0.3, -0.25) is 0 Å². The van der Waals surface area contributed by atoms with Gasteiger partial charge in [-0.2, -0.15) is 10.2 Å². The Bertz CT molecular complexity index is 829. The van der Waals surface area contributed by atoms with Crippen molar-refractivity contribution in [3.8, 4) is 0 Å². The van der Waals surface area contributed by atoms with Crippen molar-refractivity contribution in [1.29, 1.82) is 0 Å². The molecule has 0 heterocycles. The molecule has 0 bridgehead atoms. The predicted molar refractivity (Wildman–Crippen MR) is 98.6 cm³/mol. The predicted octanol–water partition coefficient (Wildman–Crippen LogP) is 3.80. The molecule has 0 aromatic heterocycles. The number of thiol groups is 1. The number of thiocarbonyl (C=S) groups is 1. The van der Waals surface area contributed by atoms with E-state index in [0.29, 0.717) is 5.56 Å². The number of hydrogen-bond donors (Lipinski definition) is 4. The second-order valence-corrected chi connectivity index (χ2v) is 6.12. The lowest BCUT2D eigenvalue weighted by molar-refractivity contribution is 0.0682. The first-order valence-corrected chi connectivity index (χ1v) is 7.68. The van der Waals surface area contributed by atoms with Gasteiger partial charge in [0.25, 0.3) is 0 Å². The third-order valence-corrected chi connectivity index (χ3v) is 3.60. The molecule has 2 rings (SSSR count). The molecule has 0 amide bonds. The molecule has 0 saturated heterocycles. The number of carbonyl (C=O) groups is 3. The normalized spacial score (nSPS) is 10.7. The molecular formula is C16H10N2O6S2. The molecule has 26 heavy (non-hydrogen) atoms. The molecule has 0 saturated carbocycles. The van der Waals surface area contributed by atoms with Crippen LogP contribution in [0.25, 0.3) is 0 Å². The highest BCUT2D eigenvalue weighted by molar-refractivity contribution is 8.11. The van der Waals surface area contributed by atoms with E-state index in [2.05, 4.69) is 22.9 Å². The highest BCUT2D eigenvalue weighted by atomic mass is 32.1. The summed E-state index contributed by atoms with van der Waals surface area (Å²) in [6, 6.07) is 7.29. The largest absolute Gasteiger partial charge is 0.478 e. The SMILES string of the molecule is O=C(O)c1cc(/N=N/c2cc(C(=O)O)cc(C(=S)S)c2)cc(C(=O)O)c1. The van der Waals surface area contributed by atoms with Gasteiger partial charge < -0.3 is 15.3 Å². The van der Waals surface area contributed by atoms with E-state index in [0.717, 1.165) is 18.2 Å². The van der Waals surface area contributed by atoms with Gasteiger partial charge in [-0.15, -0.1) is 12.6 Å². The monoisotopic (exact) mass is 390 g/mol. The first-order valence-electron chi connectivity index (χ1n) is 6.82. The smallest absolute Gasteiger partial charge is 0.335 e. The van der Waals surface area contributed by atoms with Gasteiger partial charge in [-0.1, -0.05) is 12.2 Å². The molecule has 0 aliphatic rings. The highest BCUT2D eigenvalue weighted by Crippen LogP contribution is 2.24. The van der Waals surface area contributed by atoms with Gasteiger partial charge in [0.05, 0.1) is 32.3 Å². The van der Waals surface area contributed by atoms with Gasteiger partial charge in [-0.05, 0) is 36.4 Å². The Kier molecular flexibility index (Phi) is 5.80. The van der Waals surface area contributed by atoms with E-state index in [9.17, 15) is 14.4 Å². The van der Waals surface area contributed by atoms with Crippen LogP contribution in [0.5, 0.6) is 0 Å². The zero-order valence-corrected chi connectivity index (χ0v) is 14.5. The first kappa shape index (κ1) is 19.2. The lowest BCUT2D eigenvalue weighted by atomic mass is 10.1. The fraction of sp³-hybridized carbons (Fsp3) is 0. The second kappa shape index (κ2) is 7.85. The van der Waals surface area contributed by atoms with Crippen molar-refractivity contribution >= 4 is 58.3 Å². The van der Waals surface area contributed by atoms with E-state index >= 15 is 0 Å². The summed E-state index contributed by atoms with van der Waals surface area (Å²) < 4.78 is 0.158. The van der Waals surface area contributed by atoms with Crippen molar-refractivity contribution in [1.82, 2.24) is 0 Å². The molecule has 10 heteroatoms. The molecule has 0 aliphatic heterocycles. The molecule has 0 radical (unpaired) electrons. The fourth-order valence-electron chi connectivity index (χ4n) is 1.95. The molecule has 0 unspecified atom stereocenters. The Labute approximate surface area is 157 Å². The zero-order valence-electron chi connectivity index (χ0n) is 12.8. The van der Waals surface area contributed by atoms with Crippen LogP contribution in [-0.4, -0.2) is 37.4 Å². The van der Waals surface area contributed by atoms with E-state index in [1.54, 1.807) is 0 Å². The van der Waals surface area contributed by atoms with Crippen molar-refractivity contribution in [3.05, 3.63) is 58.7 Å². The standard InChI is InChI=1S/C16H10N2O6S2/c19-13(20)7-1-8(14(21)22)4-11(3-7)17-18-12-5-9(15(23)24)2-10(6-12)16(25)26/h1-6H,(H,19,20)(H,21,22)(H,23,24)(H,25,26)/b18-17+. The average Bonchev–Trinajstić information content (AvgIpc) is 2.59. The number of rotatable bonds is 6. The number of nitrogens with zero attached hydrogens (tertiary/aromatic N) is 2. The Morgan fingerprint density at radius 1 is 0.692 bits per heavy atom. The van der Waals surface area contributed by atoms with E-state index < -0.39 is 17.9 Å². The molecular weight excluding hydrogens is 380 g/mol. The maximum absolute atomic E-state index is 11.2. The van der Waals surface area contributed by atoms with Crippen LogP contribution in [0.3, 0.4) is 0 Å². The van der Waals surface area contributed by atoms with Crippen molar-refractivity contribution in [3.63, 3.8) is 0 Å². The van der Waals surface area contributed by atoms with Crippen LogP contribution in [0.1, 0.15) is 36.6 Å². The van der Waals surface area contributed by atoms with Crippen LogP contribution in [-0.2, 0) is 0 Å². The Morgan fingerprint density at radius 3 is 1.31 bits per heavy atom. The molecule has 2 aromatic carbocycles. The second-order valence-electron chi connectivity index (χ2n) is 4.96. The van der Waals surface area contributed by atoms with Gasteiger partial charge in [0.1, 0.15) is 0 Å². The first-order chi connectivity index (χ1) is 12.2. The maximum Gasteiger partial charge on any atom is 0.335 e. The topological polar surface area (TPSA) is 137 Å². The van der Waals surface area contributed by atoms with Gasteiger partial charge in [0.15, 0.2) is 0 Å². The van der Waals surface area contributed by atoms with Crippen LogP contribution in [0, 0.1) is 0 Å². The van der Waals surface area contributed by atoms with Crippen molar-refractivity contribution in [2.45, 2.75) is 0 Å². The Hall–Kier alpha value is -3.11. The number of benzene rings is 2. The summed E-state index contributed by atoms with van der Waals surface area (Å²) in [6.07, 6.45) is 0. The van der Waals surface area contributed by atoms with Crippen molar-refractivity contribution in [2.24, 2.45) is 10.2 Å². The molecule has 0 spiro atoms. The van der Waals surface area contributed by atoms with Crippen LogP contribution in [0.2, 0.25) is 0 Å². The molecule has 0 fully saturated rings. The molecule has 8 nitrogen and oxygen atoms in total. The third kappa shape index (κ3) is 4.71. The lowest BCUT2D eigenvalue weighted by Gasteiger charge is -2.03. The number of carboxylic acid groups (broad SMARTS) is 3. The summed E-state index contributed by atoms with van der Waals surface area (Å²) in [5, 5.41) is 34.9. The van der Waals surface area contributed by atoms with Crippen LogP contribution < -0.4 is 0 Å². The summed E-state index contributed by atoms with van der Waals surface area (Å²) in [7, 11) is 0. The molecule has 132 valence electrons. The minimum absolute atomic E-state index is 0.0157. The van der Waals surface area contributed by atoms with Crippen molar-refractivity contribution in [2.75, 3.05) is 0 Å². The zero-order chi connectivity index (χ0) is 19.4. The molecule has 3 N–H and O–H groups in total. The number of azo groups is 1. The summed E-state index contributed by atoms with van der Waals surface area (Å²) in [6.45, 7) is 0. The molecule has 0 atom stereocenters. The van der Waals surface area contributed by atoms with Crippen LogP contribution >= 0.6 is 24.8 Å². The third-order valence-electron chi connectivity index (χ3n) is 3.10. The molecule has 0 aliphatic carbocycles. The van der Waals surface area contributed by atoms with Gasteiger partial charge >= 0.3 is 17.9 Å². The van der Waals surface area contributed by atoms with Crippen LogP contribution in [0.4, 0.5) is 11.4 Å². The van der Waals surface area contributed by atoms with E-state index in [1.165, 1.54) is 18.2 Å². The average molecular weight is 390 g/mol. The van der Waals surface area contributed by atoms with Gasteiger partial charge in [0, 0.05) is 5.56 Å². The van der Waals surface area contributed by atoms with E-state index in [-0.39, 0.29) is 32.3 Å². The van der Waals surface area contributed by atoms with Crippen molar-refractivity contribution < 1.29 is 29.7 Å². The van der Waals surface area contributed by atoms with Crippen LogP contribution in [0.15, 0.2) is 46.6 Å². The lowest BCUT2D eigenvalue weighted by Crippen LogP contribution is -2.01. The molecule has 2 aromatic rings. The van der Waals surface area contributed by atoms with Gasteiger partial charge in [-0.25, -0.2) is 14.4 Å². The fourth-order valence-corrected chi connectivity index (χ4v) is 2.19. The summed E-state index contributed by atoms with van der Waals surface area (Å²) in [4.78, 5) is 33.3. The summed E-state index contributed by atoms with van der Waals surface area (Å²) in [5.74, 6) is -3.84. The summed E-state index contributed by atoms with van der Waals surface area (Å²) >= 11 is 8.90. The number of aromatic carboxylic acids is 3. The maximum atomic E-state index is 11.2. The number of carboxylic acids is 3. The van der Waals surface area contributed by atoms with E-state index in [1.807, 2.05) is 0 Å². The van der Waals surface area contributed by atoms with E-state index in [4.69, 9.17) is 27.5 Å². The minimum atomic E-state index is -1.32. The Balaban J connectivity index is 2.49. The highest BCUT2D eigenvalue weighted by Gasteiger charge is 2.12. The van der Waals surface area contributed by atoms with Gasteiger partial charge in [0.2, 0.25) is 0 Å². The minimum Gasteiger partial charge on any atom is -0.478 e.